The monoisotopic (exact) mass is 398 g/mol. The van der Waals surface area contributed by atoms with Crippen LogP contribution in [-0.2, 0) is 22.1 Å². The lowest BCUT2D eigenvalue weighted by Crippen LogP contribution is -2.50. The first-order chi connectivity index (χ1) is 11.6. The summed E-state index contributed by atoms with van der Waals surface area (Å²) in [6.45, 7) is 13.3. The highest BCUT2D eigenvalue weighted by atomic mass is 32.2. The lowest BCUT2D eigenvalue weighted by atomic mass is 10.6. The molecule has 5 nitrogen and oxygen atoms in total. The summed E-state index contributed by atoms with van der Waals surface area (Å²) in [6, 6.07) is 2.66. The van der Waals surface area contributed by atoms with E-state index in [9.17, 15) is 0 Å². The smallest absolute Gasteiger partial charge is 0.394 e. The average molecular weight is 399 g/mol. The SMILES string of the molecule is CCO[Si](CCCSC)(CC[Si](OCC)(OCC)OCC)OCC. The van der Waals surface area contributed by atoms with Crippen LogP contribution in [0.3, 0.4) is 0 Å². The van der Waals surface area contributed by atoms with E-state index >= 15 is 0 Å². The van der Waals surface area contributed by atoms with E-state index in [0.29, 0.717) is 33.0 Å². The Kier molecular flexibility index (Phi) is 15.1. The molecule has 0 aromatic heterocycles. The molecule has 0 heterocycles. The van der Waals surface area contributed by atoms with E-state index in [0.717, 1.165) is 30.3 Å². The second-order valence-corrected chi connectivity index (χ2v) is 12.5. The summed E-state index contributed by atoms with van der Waals surface area (Å²) >= 11 is 1.87. The zero-order valence-electron chi connectivity index (χ0n) is 16.5. The van der Waals surface area contributed by atoms with E-state index in [1.807, 2.05) is 46.4 Å². The Bertz CT molecular complexity index is 275. The third-order valence-corrected chi connectivity index (χ3v) is 11.6. The van der Waals surface area contributed by atoms with Crippen LogP contribution in [0.2, 0.25) is 18.1 Å². The molecule has 8 heteroatoms. The summed E-state index contributed by atoms with van der Waals surface area (Å²) < 4.78 is 30.4. The van der Waals surface area contributed by atoms with E-state index in [4.69, 9.17) is 22.1 Å². The van der Waals surface area contributed by atoms with Gasteiger partial charge in [0.1, 0.15) is 0 Å². The number of thioether (sulfide) groups is 1. The molecule has 0 atom stereocenters. The molecule has 0 saturated carbocycles. The summed E-state index contributed by atoms with van der Waals surface area (Å²) in [5, 5.41) is 0. The van der Waals surface area contributed by atoms with E-state index < -0.39 is 17.4 Å². The molecule has 0 spiro atoms. The van der Waals surface area contributed by atoms with Gasteiger partial charge in [-0.15, -0.1) is 0 Å². The lowest BCUT2D eigenvalue weighted by molar-refractivity contribution is 0.0711. The Hall–Kier alpha value is 0.584. The van der Waals surface area contributed by atoms with Crippen molar-refractivity contribution in [1.29, 1.82) is 0 Å². The van der Waals surface area contributed by atoms with E-state index in [-0.39, 0.29) is 0 Å². The van der Waals surface area contributed by atoms with E-state index in [1.54, 1.807) is 0 Å². The van der Waals surface area contributed by atoms with Crippen LogP contribution in [-0.4, -0.2) is 62.4 Å². The summed E-state index contributed by atoms with van der Waals surface area (Å²) in [7, 11) is -4.89. The summed E-state index contributed by atoms with van der Waals surface area (Å²) in [5.41, 5.74) is 0. The predicted molar refractivity (Wildman–Crippen MR) is 107 cm³/mol. The van der Waals surface area contributed by atoms with E-state index in [1.165, 1.54) is 0 Å². The van der Waals surface area contributed by atoms with Crippen molar-refractivity contribution in [3.05, 3.63) is 0 Å². The fourth-order valence-corrected chi connectivity index (χ4v) is 10.9. The second-order valence-electron chi connectivity index (χ2n) is 5.36. The van der Waals surface area contributed by atoms with Crippen LogP contribution in [0, 0.1) is 0 Å². The van der Waals surface area contributed by atoms with Crippen molar-refractivity contribution in [2.75, 3.05) is 45.0 Å². The van der Waals surface area contributed by atoms with Gasteiger partial charge in [-0.1, -0.05) is 0 Å². The Morgan fingerprint density at radius 2 is 1.08 bits per heavy atom. The van der Waals surface area contributed by atoms with Crippen molar-refractivity contribution in [2.24, 2.45) is 0 Å². The molecule has 0 fully saturated rings. The molecule has 0 unspecified atom stereocenters. The van der Waals surface area contributed by atoms with Gasteiger partial charge in [0.2, 0.25) is 0 Å². The first-order valence-corrected chi connectivity index (χ1v) is 14.8. The van der Waals surface area contributed by atoms with Gasteiger partial charge in [-0.2, -0.15) is 11.8 Å². The van der Waals surface area contributed by atoms with Crippen molar-refractivity contribution in [2.45, 2.75) is 59.2 Å². The fraction of sp³-hybridized carbons (Fsp3) is 1.00. The Morgan fingerprint density at radius 1 is 0.625 bits per heavy atom. The largest absolute Gasteiger partial charge is 0.500 e. The van der Waals surface area contributed by atoms with Gasteiger partial charge in [-0.3, -0.25) is 0 Å². The van der Waals surface area contributed by atoms with Crippen molar-refractivity contribution in [1.82, 2.24) is 0 Å². The number of rotatable bonds is 17. The van der Waals surface area contributed by atoms with Crippen LogP contribution >= 0.6 is 11.8 Å². The highest BCUT2D eigenvalue weighted by molar-refractivity contribution is 7.98. The van der Waals surface area contributed by atoms with Crippen molar-refractivity contribution in [3.63, 3.8) is 0 Å². The minimum Gasteiger partial charge on any atom is -0.394 e. The van der Waals surface area contributed by atoms with E-state index in [2.05, 4.69) is 6.26 Å². The summed E-state index contributed by atoms with van der Waals surface area (Å²) in [4.78, 5) is 0. The highest BCUT2D eigenvalue weighted by Gasteiger charge is 2.46. The Labute approximate surface area is 155 Å². The number of hydrogen-bond acceptors (Lipinski definition) is 6. The Morgan fingerprint density at radius 3 is 1.46 bits per heavy atom. The highest BCUT2D eigenvalue weighted by Crippen LogP contribution is 2.29. The molecule has 0 saturated heterocycles. The fourth-order valence-electron chi connectivity index (χ4n) is 2.81. The molecule has 0 aliphatic rings. The van der Waals surface area contributed by atoms with Crippen molar-refractivity contribution < 1.29 is 22.1 Å². The molecule has 0 bridgehead atoms. The van der Waals surface area contributed by atoms with Gasteiger partial charge >= 0.3 is 17.4 Å². The average Bonchev–Trinajstić information content (AvgIpc) is 2.55. The minimum absolute atomic E-state index is 0.608. The topological polar surface area (TPSA) is 46.2 Å². The second kappa shape index (κ2) is 14.7. The minimum atomic E-state index is -2.64. The van der Waals surface area contributed by atoms with Gasteiger partial charge in [0.25, 0.3) is 0 Å². The number of hydrogen-bond donors (Lipinski definition) is 0. The summed E-state index contributed by atoms with van der Waals surface area (Å²) in [6.07, 6.45) is 3.27. The van der Waals surface area contributed by atoms with Crippen LogP contribution in [0.15, 0.2) is 0 Å². The van der Waals surface area contributed by atoms with Gasteiger partial charge in [-0.25, -0.2) is 0 Å². The normalized spacial score (nSPS) is 12.8. The molecule has 0 amide bonds. The van der Waals surface area contributed by atoms with Crippen LogP contribution in [0.4, 0.5) is 0 Å². The lowest BCUT2D eigenvalue weighted by Gasteiger charge is -2.34. The van der Waals surface area contributed by atoms with Gasteiger partial charge in [-0.05, 0) is 65.1 Å². The summed E-state index contributed by atoms with van der Waals surface area (Å²) in [5.74, 6) is 1.14. The van der Waals surface area contributed by atoms with Gasteiger partial charge < -0.3 is 22.1 Å². The maximum atomic E-state index is 6.21. The Balaban J connectivity index is 5.10. The maximum Gasteiger partial charge on any atom is 0.500 e. The van der Waals surface area contributed by atoms with Gasteiger partial charge in [0.05, 0.1) is 0 Å². The third-order valence-electron chi connectivity index (χ3n) is 3.63. The molecule has 0 aliphatic carbocycles. The van der Waals surface area contributed by atoms with Crippen molar-refractivity contribution in [3.8, 4) is 0 Å². The molecule has 0 aliphatic heterocycles. The molecule has 0 rings (SSSR count). The zero-order chi connectivity index (χ0) is 18.3. The molecule has 0 N–H and O–H groups in total. The van der Waals surface area contributed by atoms with Gasteiger partial charge in [0.15, 0.2) is 0 Å². The maximum absolute atomic E-state index is 6.21. The quantitative estimate of drug-likeness (QED) is 0.269. The van der Waals surface area contributed by atoms with Crippen LogP contribution < -0.4 is 0 Å². The van der Waals surface area contributed by atoms with Crippen LogP contribution in [0.5, 0.6) is 0 Å². The third kappa shape index (κ3) is 9.33. The molecule has 0 radical (unpaired) electrons. The zero-order valence-corrected chi connectivity index (χ0v) is 19.3. The predicted octanol–water partition coefficient (Wildman–Crippen LogP) is 4.30. The van der Waals surface area contributed by atoms with Crippen molar-refractivity contribution >= 4 is 29.1 Å². The van der Waals surface area contributed by atoms with Crippen LogP contribution in [0.1, 0.15) is 41.0 Å². The van der Waals surface area contributed by atoms with Crippen LogP contribution in [0.25, 0.3) is 0 Å². The molecule has 146 valence electrons. The molecular weight excluding hydrogens is 360 g/mol. The standard InChI is InChI=1S/C16H38O5SSi2/c1-7-17-23(18-8-2,14-12-13-22-6)15-16-24(19-9-3,20-10-4)21-11-5/h7-16H2,1-6H3. The molecule has 24 heavy (non-hydrogen) atoms. The molecule has 0 aromatic rings. The first-order valence-electron chi connectivity index (χ1n) is 9.26. The molecular formula is C16H38O5SSi2. The van der Waals surface area contributed by atoms with Gasteiger partial charge in [0, 0.05) is 39.1 Å². The molecule has 0 aromatic carbocycles. The first kappa shape index (κ1) is 24.6.